The van der Waals surface area contributed by atoms with Gasteiger partial charge >= 0.3 is 6.18 Å². The van der Waals surface area contributed by atoms with Crippen LogP contribution in [0.15, 0.2) is 121 Å². The number of alkyl halides is 3. The Bertz CT molecular complexity index is 1970. The van der Waals surface area contributed by atoms with Gasteiger partial charge in [-0.3, -0.25) is 4.98 Å². The monoisotopic (exact) mass is 600 g/mol. The normalized spacial score (nSPS) is 12.8. The molecule has 0 fully saturated rings. The highest BCUT2D eigenvalue weighted by Gasteiger charge is 2.36. The van der Waals surface area contributed by atoms with Gasteiger partial charge in [0.15, 0.2) is 0 Å². The minimum absolute atomic E-state index is 0.0509. The first-order chi connectivity index (χ1) is 21.7. The van der Waals surface area contributed by atoms with Gasteiger partial charge in [0, 0.05) is 13.1 Å². The summed E-state index contributed by atoms with van der Waals surface area (Å²) in [6.07, 6.45) is -3.68. The van der Waals surface area contributed by atoms with Crippen LogP contribution in [-0.2, 0) is 11.6 Å². The maximum Gasteiger partial charge on any atom is 0.418 e. The lowest BCUT2D eigenvalue weighted by Crippen LogP contribution is -2.12. The number of hydrogen-bond acceptors (Lipinski definition) is 1. The van der Waals surface area contributed by atoms with Crippen LogP contribution in [0.2, 0.25) is 0 Å². The van der Waals surface area contributed by atoms with Crippen LogP contribution in [-0.4, -0.2) is 4.98 Å². The van der Waals surface area contributed by atoms with Crippen molar-refractivity contribution in [3.8, 4) is 44.6 Å². The molecule has 1 aromatic heterocycles. The molecule has 0 spiro atoms. The van der Waals surface area contributed by atoms with Gasteiger partial charge < -0.3 is 0 Å². The standard InChI is InChI=1S/C41H36F3N/c1-26(2)30-21-33(27-14-8-6-9-15-27)39(34(22-30)28-16-10-7-11-17-28)35-24-38(45-25-37(35)41(42,43)44)31-20-29-18-12-13-19-32(29)36(23-31)40(3,4)5/h6-26H,1-5H3/i26D. The number of halogens is 3. The first kappa shape index (κ1) is 29.0. The molecule has 1 nitrogen and oxygen atoms in total. The van der Waals surface area contributed by atoms with E-state index in [0.29, 0.717) is 27.9 Å². The lowest BCUT2D eigenvalue weighted by molar-refractivity contribution is -0.137. The fourth-order valence-corrected chi connectivity index (χ4v) is 6.04. The molecule has 0 saturated carbocycles. The minimum atomic E-state index is -4.66. The van der Waals surface area contributed by atoms with Crippen molar-refractivity contribution in [2.75, 3.05) is 0 Å². The summed E-state index contributed by atoms with van der Waals surface area (Å²) < 4.78 is 53.8. The second kappa shape index (κ2) is 11.7. The molecule has 0 unspecified atom stereocenters. The summed E-state index contributed by atoms with van der Waals surface area (Å²) >= 11 is 0. The Kier molecular flexibility index (Phi) is 7.53. The van der Waals surface area contributed by atoms with Crippen molar-refractivity contribution in [2.45, 2.75) is 52.1 Å². The third kappa shape index (κ3) is 6.02. The highest BCUT2D eigenvalue weighted by molar-refractivity contribution is 5.97. The number of aromatic nitrogens is 1. The Morgan fingerprint density at radius 3 is 1.71 bits per heavy atom. The lowest BCUT2D eigenvalue weighted by Gasteiger charge is -2.24. The van der Waals surface area contributed by atoms with Crippen molar-refractivity contribution >= 4 is 10.8 Å². The number of nitrogens with zero attached hydrogens (tertiary/aromatic N) is 1. The molecular weight excluding hydrogens is 563 g/mol. The number of pyridine rings is 1. The van der Waals surface area contributed by atoms with Crippen LogP contribution in [0.25, 0.3) is 55.4 Å². The molecule has 0 aliphatic carbocycles. The first-order valence-corrected chi connectivity index (χ1v) is 15.1. The zero-order valence-corrected chi connectivity index (χ0v) is 26.1. The van der Waals surface area contributed by atoms with Crippen molar-refractivity contribution in [3.63, 3.8) is 0 Å². The second-order valence-corrected chi connectivity index (χ2v) is 12.8. The molecule has 0 aliphatic heterocycles. The molecule has 6 aromatic rings. The number of hydrogen-bond donors (Lipinski definition) is 0. The average molecular weight is 601 g/mol. The van der Waals surface area contributed by atoms with E-state index >= 15 is 0 Å². The minimum Gasteiger partial charge on any atom is -0.256 e. The van der Waals surface area contributed by atoms with Gasteiger partial charge in [0.1, 0.15) is 0 Å². The van der Waals surface area contributed by atoms with E-state index in [-0.39, 0.29) is 11.0 Å². The fourth-order valence-electron chi connectivity index (χ4n) is 6.04. The van der Waals surface area contributed by atoms with Crippen molar-refractivity contribution < 1.29 is 14.5 Å². The lowest BCUT2D eigenvalue weighted by atomic mass is 9.81. The Morgan fingerprint density at radius 2 is 1.18 bits per heavy atom. The van der Waals surface area contributed by atoms with Crippen molar-refractivity contribution in [3.05, 3.63) is 138 Å². The predicted octanol–water partition coefficient (Wildman–Crippen LogP) is 12.3. The van der Waals surface area contributed by atoms with Crippen LogP contribution in [0.1, 0.15) is 58.6 Å². The number of rotatable bonds is 5. The largest absolute Gasteiger partial charge is 0.418 e. The second-order valence-electron chi connectivity index (χ2n) is 12.8. The van der Waals surface area contributed by atoms with Gasteiger partial charge in [-0.25, -0.2) is 0 Å². The Hall–Kier alpha value is -4.70. The van der Waals surface area contributed by atoms with E-state index in [9.17, 15) is 13.2 Å². The molecule has 0 bridgehead atoms. The van der Waals surface area contributed by atoms with E-state index in [1.165, 1.54) is 0 Å². The fraction of sp³-hybridized carbons (Fsp3) is 0.195. The molecule has 5 aromatic carbocycles. The molecule has 0 radical (unpaired) electrons. The summed E-state index contributed by atoms with van der Waals surface area (Å²) in [7, 11) is 0. The Labute approximate surface area is 264 Å². The molecule has 0 aliphatic rings. The van der Waals surface area contributed by atoms with Crippen LogP contribution >= 0.6 is 0 Å². The molecule has 0 atom stereocenters. The van der Waals surface area contributed by atoms with Gasteiger partial charge in [-0.15, -0.1) is 0 Å². The molecule has 226 valence electrons. The van der Waals surface area contributed by atoms with Crippen LogP contribution in [0.3, 0.4) is 0 Å². The van der Waals surface area contributed by atoms with Gasteiger partial charge in [0.25, 0.3) is 0 Å². The highest BCUT2D eigenvalue weighted by atomic mass is 19.4. The third-order valence-corrected chi connectivity index (χ3v) is 8.33. The van der Waals surface area contributed by atoms with Crippen molar-refractivity contribution in [2.24, 2.45) is 0 Å². The summed E-state index contributed by atoms with van der Waals surface area (Å²) in [6.45, 7) is 10.0. The average Bonchev–Trinajstić information content (AvgIpc) is 3.03. The molecular formula is C41H36F3N. The van der Waals surface area contributed by atoms with E-state index < -0.39 is 17.6 Å². The molecule has 0 amide bonds. The van der Waals surface area contributed by atoms with E-state index in [1.54, 1.807) is 19.9 Å². The quantitative estimate of drug-likeness (QED) is 0.192. The van der Waals surface area contributed by atoms with Gasteiger partial charge in [-0.2, -0.15) is 13.2 Å². The highest BCUT2D eigenvalue weighted by Crippen LogP contribution is 2.47. The van der Waals surface area contributed by atoms with Crippen LogP contribution in [0.4, 0.5) is 13.2 Å². The topological polar surface area (TPSA) is 12.9 Å². The zero-order valence-electron chi connectivity index (χ0n) is 27.1. The van der Waals surface area contributed by atoms with Gasteiger partial charge in [-0.05, 0) is 84.8 Å². The molecule has 1 heterocycles. The Morgan fingerprint density at radius 1 is 0.622 bits per heavy atom. The maximum atomic E-state index is 15.0. The van der Waals surface area contributed by atoms with Crippen molar-refractivity contribution in [1.82, 2.24) is 4.98 Å². The summed E-state index contributed by atoms with van der Waals surface area (Å²) in [5.41, 5.74) is 5.33. The summed E-state index contributed by atoms with van der Waals surface area (Å²) in [5.74, 6) is -0.990. The van der Waals surface area contributed by atoms with Crippen LogP contribution in [0.5, 0.6) is 0 Å². The first-order valence-electron chi connectivity index (χ1n) is 15.6. The van der Waals surface area contributed by atoms with E-state index in [1.807, 2.05) is 97.1 Å². The zero-order chi connectivity index (χ0) is 32.9. The summed E-state index contributed by atoms with van der Waals surface area (Å²) in [5, 5.41) is 2.11. The number of fused-ring (bicyclic) bond motifs is 1. The van der Waals surface area contributed by atoms with E-state index in [2.05, 4.69) is 37.9 Å². The van der Waals surface area contributed by atoms with Gasteiger partial charge in [-0.1, -0.05) is 132 Å². The predicted molar refractivity (Wildman–Crippen MR) is 181 cm³/mol. The summed E-state index contributed by atoms with van der Waals surface area (Å²) in [4.78, 5) is 4.44. The molecule has 0 saturated heterocycles. The molecule has 0 N–H and O–H groups in total. The maximum absolute atomic E-state index is 15.0. The smallest absolute Gasteiger partial charge is 0.256 e. The van der Waals surface area contributed by atoms with E-state index in [4.69, 9.17) is 1.37 Å². The molecule has 4 heteroatoms. The van der Waals surface area contributed by atoms with Gasteiger partial charge in [0.2, 0.25) is 0 Å². The Balaban J connectivity index is 1.74. The molecule has 45 heavy (non-hydrogen) atoms. The van der Waals surface area contributed by atoms with E-state index in [0.717, 1.165) is 39.2 Å². The SMILES string of the molecule is [2H]C(C)(C)c1cc(-c2ccccc2)c(-c2cc(-c3cc(C(C)(C)C)c4ccccc4c3)ncc2C(F)(F)F)c(-c2ccccc2)c1. The summed E-state index contributed by atoms with van der Waals surface area (Å²) in [6, 6.07) is 36.4. The number of benzene rings is 5. The van der Waals surface area contributed by atoms with Crippen LogP contribution < -0.4 is 0 Å². The van der Waals surface area contributed by atoms with Crippen molar-refractivity contribution in [1.29, 1.82) is 0 Å². The van der Waals surface area contributed by atoms with Crippen LogP contribution in [0, 0.1) is 0 Å². The third-order valence-electron chi connectivity index (χ3n) is 8.33. The van der Waals surface area contributed by atoms with Gasteiger partial charge in [0.05, 0.1) is 11.3 Å². The molecule has 6 rings (SSSR count).